The molecule has 1 aromatic heterocycles. The molecule has 1 N–H and O–H groups in total. The molecule has 4 heterocycles. The molecule has 3 aliphatic heterocycles. The van der Waals surface area contributed by atoms with E-state index in [0.717, 1.165) is 28.9 Å². The number of rotatable bonds is 4. The topological polar surface area (TPSA) is 46.5 Å². The van der Waals surface area contributed by atoms with E-state index in [2.05, 4.69) is 27.0 Å². The van der Waals surface area contributed by atoms with Crippen molar-refractivity contribution in [3.8, 4) is 0 Å². The normalized spacial score (nSPS) is 26.0. The Hall–Kier alpha value is -1.85. The maximum Gasteiger partial charge on any atom is 0.338 e. The number of carbonyl (C=O) groups is 1. The van der Waals surface area contributed by atoms with Crippen molar-refractivity contribution in [2.24, 2.45) is 13.0 Å². The third-order valence-corrected chi connectivity index (χ3v) is 5.67. The minimum atomic E-state index is -0.270. The van der Waals surface area contributed by atoms with E-state index in [0.29, 0.717) is 11.7 Å². The van der Waals surface area contributed by atoms with Gasteiger partial charge in [0.1, 0.15) is 0 Å². The number of nitrogens with one attached hydrogen (secondary N) is 1. The summed E-state index contributed by atoms with van der Waals surface area (Å²) in [6, 6.07) is 5.82. The predicted octanol–water partition coefficient (Wildman–Crippen LogP) is 2.50. The molecule has 0 aliphatic carbocycles. The van der Waals surface area contributed by atoms with Crippen molar-refractivity contribution in [1.82, 2.24) is 14.8 Å². The van der Waals surface area contributed by atoms with Gasteiger partial charge in [0, 0.05) is 30.7 Å². The van der Waals surface area contributed by atoms with Gasteiger partial charge in [-0.25, -0.2) is 4.79 Å². The average Bonchev–Trinajstić information content (AvgIpc) is 2.96. The van der Waals surface area contributed by atoms with Crippen LogP contribution in [0.5, 0.6) is 0 Å². The zero-order chi connectivity index (χ0) is 16.7. The van der Waals surface area contributed by atoms with Crippen LogP contribution in [0.15, 0.2) is 24.4 Å². The maximum atomic E-state index is 12.1. The number of fused-ring (bicyclic) bond motifs is 4. The molecule has 1 atom stereocenters. The Bertz CT molecular complexity index is 759. The van der Waals surface area contributed by atoms with E-state index in [9.17, 15) is 4.79 Å². The van der Waals surface area contributed by atoms with Crippen LogP contribution in [0.4, 0.5) is 0 Å². The van der Waals surface area contributed by atoms with E-state index in [-0.39, 0.29) is 5.97 Å². The van der Waals surface area contributed by atoms with Gasteiger partial charge in [-0.1, -0.05) is 6.07 Å². The fourth-order valence-corrected chi connectivity index (χ4v) is 4.36. The molecule has 0 saturated carbocycles. The number of aryl methyl sites for hydroxylation is 1. The number of methoxy groups -OCH3 is 1. The Morgan fingerprint density at radius 1 is 1.33 bits per heavy atom. The predicted molar refractivity (Wildman–Crippen MR) is 93.8 cm³/mol. The highest BCUT2D eigenvalue weighted by Crippen LogP contribution is 2.31. The molecule has 0 amide bonds. The fourth-order valence-electron chi connectivity index (χ4n) is 4.36. The first-order valence-electron chi connectivity index (χ1n) is 8.80. The molecule has 3 saturated heterocycles. The molecule has 3 aliphatic rings. The molecule has 128 valence electrons. The minimum absolute atomic E-state index is 0.270. The van der Waals surface area contributed by atoms with Gasteiger partial charge in [0.2, 0.25) is 0 Å². The van der Waals surface area contributed by atoms with Crippen molar-refractivity contribution in [1.29, 1.82) is 0 Å². The number of benzene rings is 1. The zero-order valence-electron chi connectivity index (χ0n) is 14.4. The second-order valence-electron chi connectivity index (χ2n) is 7.07. The number of hydrogen-bond acceptors (Lipinski definition) is 4. The largest absolute Gasteiger partial charge is 0.465 e. The van der Waals surface area contributed by atoms with Crippen molar-refractivity contribution in [3.63, 3.8) is 0 Å². The van der Waals surface area contributed by atoms with Crippen molar-refractivity contribution in [2.75, 3.05) is 20.2 Å². The number of piperidine rings is 3. The number of hydrogen-bond donors (Lipinski definition) is 1. The summed E-state index contributed by atoms with van der Waals surface area (Å²) in [6.45, 7) is 3.20. The Morgan fingerprint density at radius 3 is 2.79 bits per heavy atom. The molecule has 5 rings (SSSR count). The van der Waals surface area contributed by atoms with Gasteiger partial charge in [-0.05, 0) is 56.0 Å². The van der Waals surface area contributed by atoms with Crippen LogP contribution in [0.25, 0.3) is 10.9 Å². The van der Waals surface area contributed by atoms with Crippen LogP contribution in [-0.4, -0.2) is 41.8 Å². The summed E-state index contributed by atoms with van der Waals surface area (Å²) in [4.78, 5) is 14.7. The Labute approximate surface area is 142 Å². The zero-order valence-corrected chi connectivity index (χ0v) is 14.4. The summed E-state index contributed by atoms with van der Waals surface area (Å²) < 4.78 is 7.06. The third kappa shape index (κ3) is 2.62. The van der Waals surface area contributed by atoms with Crippen LogP contribution >= 0.6 is 0 Å². The highest BCUT2D eigenvalue weighted by Gasteiger charge is 2.33. The Balaban J connectivity index is 1.61. The molecule has 2 aromatic rings. The van der Waals surface area contributed by atoms with Gasteiger partial charge in [0.15, 0.2) is 0 Å². The van der Waals surface area contributed by atoms with E-state index >= 15 is 0 Å². The van der Waals surface area contributed by atoms with Crippen molar-refractivity contribution >= 4 is 16.9 Å². The third-order valence-electron chi connectivity index (χ3n) is 5.67. The van der Waals surface area contributed by atoms with E-state index in [1.807, 2.05) is 19.2 Å². The lowest BCUT2D eigenvalue weighted by molar-refractivity contribution is 0.0304. The van der Waals surface area contributed by atoms with Crippen LogP contribution in [0.2, 0.25) is 0 Å². The van der Waals surface area contributed by atoms with Gasteiger partial charge in [0.05, 0.1) is 18.8 Å². The van der Waals surface area contributed by atoms with Crippen molar-refractivity contribution < 1.29 is 9.53 Å². The smallest absolute Gasteiger partial charge is 0.338 e. The molecule has 1 aromatic carbocycles. The van der Waals surface area contributed by atoms with Gasteiger partial charge < -0.3 is 9.30 Å². The molecular formula is C19H25N3O2. The Kier molecular flexibility index (Phi) is 4.06. The first-order chi connectivity index (χ1) is 11.7. The quantitative estimate of drug-likeness (QED) is 0.877. The molecule has 0 radical (unpaired) electrons. The fraction of sp³-hybridized carbons (Fsp3) is 0.526. The Morgan fingerprint density at radius 2 is 2.12 bits per heavy atom. The molecule has 5 heteroatoms. The van der Waals surface area contributed by atoms with Gasteiger partial charge in [-0.15, -0.1) is 0 Å². The maximum absolute atomic E-state index is 12.1. The summed E-state index contributed by atoms with van der Waals surface area (Å²) >= 11 is 0. The van der Waals surface area contributed by atoms with Crippen LogP contribution in [0.3, 0.4) is 0 Å². The lowest BCUT2D eigenvalue weighted by Gasteiger charge is -2.45. The molecule has 0 unspecified atom stereocenters. The summed E-state index contributed by atoms with van der Waals surface area (Å²) in [5.74, 6) is 0.610. The monoisotopic (exact) mass is 327 g/mol. The van der Waals surface area contributed by atoms with Crippen LogP contribution in [0.1, 0.15) is 35.2 Å². The summed E-state index contributed by atoms with van der Waals surface area (Å²) in [7, 11) is 3.47. The standard InChI is InChI=1S/C19H25N3O2/c1-21-12-14(11-20-17-10-13-6-8-22(17)9-7-13)18-15(19(23)24-2)4-3-5-16(18)21/h3-5,12-13,17,20H,6-11H2,1-2H3/t17-/m0/s1. The van der Waals surface area contributed by atoms with Gasteiger partial charge in [-0.2, -0.15) is 0 Å². The van der Waals surface area contributed by atoms with E-state index in [4.69, 9.17) is 4.74 Å². The molecule has 2 bridgehead atoms. The SMILES string of the molecule is COC(=O)c1cccc2c1c(CN[C@@H]1CC3CCN1CC3)cn2C. The second kappa shape index (κ2) is 6.22. The number of carbonyl (C=O) groups excluding carboxylic acids is 1. The van der Waals surface area contributed by atoms with E-state index < -0.39 is 0 Å². The van der Waals surface area contributed by atoms with Gasteiger partial charge in [0.25, 0.3) is 0 Å². The van der Waals surface area contributed by atoms with Crippen LogP contribution < -0.4 is 5.32 Å². The molecular weight excluding hydrogens is 302 g/mol. The number of nitrogens with zero attached hydrogens (tertiary/aromatic N) is 2. The lowest BCUT2D eigenvalue weighted by atomic mass is 9.86. The molecule has 3 fully saturated rings. The first-order valence-corrected chi connectivity index (χ1v) is 8.80. The lowest BCUT2D eigenvalue weighted by Crippen LogP contribution is -2.54. The van der Waals surface area contributed by atoms with Gasteiger partial charge in [-0.3, -0.25) is 10.2 Å². The van der Waals surface area contributed by atoms with Crippen LogP contribution in [0, 0.1) is 5.92 Å². The van der Waals surface area contributed by atoms with Crippen molar-refractivity contribution in [3.05, 3.63) is 35.5 Å². The molecule has 0 spiro atoms. The van der Waals surface area contributed by atoms with E-state index in [1.165, 1.54) is 39.5 Å². The van der Waals surface area contributed by atoms with Crippen molar-refractivity contribution in [2.45, 2.75) is 32.0 Å². The number of ether oxygens (including phenoxy) is 1. The first kappa shape index (κ1) is 15.7. The van der Waals surface area contributed by atoms with Crippen LogP contribution in [-0.2, 0) is 18.3 Å². The second-order valence-corrected chi connectivity index (χ2v) is 7.07. The highest BCUT2D eigenvalue weighted by atomic mass is 16.5. The molecule has 24 heavy (non-hydrogen) atoms. The summed E-state index contributed by atoms with van der Waals surface area (Å²) in [5.41, 5.74) is 2.88. The summed E-state index contributed by atoms with van der Waals surface area (Å²) in [5, 5.41) is 4.73. The van der Waals surface area contributed by atoms with Gasteiger partial charge >= 0.3 is 5.97 Å². The summed E-state index contributed by atoms with van der Waals surface area (Å²) in [6.07, 6.45) is 6.53. The number of aromatic nitrogens is 1. The minimum Gasteiger partial charge on any atom is -0.465 e. The number of esters is 1. The van der Waals surface area contributed by atoms with E-state index in [1.54, 1.807) is 0 Å². The average molecular weight is 327 g/mol. The highest BCUT2D eigenvalue weighted by molar-refractivity contribution is 6.05. The molecule has 5 nitrogen and oxygen atoms in total.